The second-order valence-electron chi connectivity index (χ2n) is 4.64. The molecule has 0 spiro atoms. The number of alkyl halides is 3. The van der Waals surface area contributed by atoms with Gasteiger partial charge in [-0.25, -0.2) is 0 Å². The quantitative estimate of drug-likeness (QED) is 0.785. The van der Waals surface area contributed by atoms with Gasteiger partial charge >= 0.3 is 6.18 Å². The lowest BCUT2D eigenvalue weighted by molar-refractivity contribution is -0.188. The predicted octanol–water partition coefficient (Wildman–Crippen LogP) is 2.73. The lowest BCUT2D eigenvalue weighted by Gasteiger charge is -2.34. The highest BCUT2D eigenvalue weighted by Gasteiger charge is 2.43. The van der Waals surface area contributed by atoms with Crippen LogP contribution in [0.5, 0.6) is 0 Å². The number of halogens is 3. The van der Waals surface area contributed by atoms with Crippen molar-refractivity contribution in [2.45, 2.75) is 38.8 Å². The number of hydrogen-bond donors (Lipinski definition) is 0. The summed E-state index contributed by atoms with van der Waals surface area (Å²) in [6.07, 6.45) is -2.77. The number of rotatable bonds is 3. The summed E-state index contributed by atoms with van der Waals surface area (Å²) in [6.45, 7) is 1.86. The number of hydrogen-bond acceptors (Lipinski definition) is 2. The summed E-state index contributed by atoms with van der Waals surface area (Å²) in [6, 6.07) is 1.88. The van der Waals surface area contributed by atoms with Crippen molar-refractivity contribution < 1.29 is 18.0 Å². The van der Waals surface area contributed by atoms with E-state index in [4.69, 9.17) is 5.26 Å². The summed E-state index contributed by atoms with van der Waals surface area (Å²) >= 11 is 0. The van der Waals surface area contributed by atoms with Crippen LogP contribution in [0.1, 0.15) is 32.6 Å². The highest BCUT2D eigenvalue weighted by atomic mass is 19.4. The molecule has 0 aromatic heterocycles. The fourth-order valence-corrected chi connectivity index (χ4v) is 2.20. The lowest BCUT2D eigenvalue weighted by atomic mass is 9.95. The SMILES string of the molecule is CCCC(C#N)C(=O)N1CCCC(C(F)(F)F)C1. The van der Waals surface area contributed by atoms with Crippen LogP contribution in [0.3, 0.4) is 0 Å². The first-order valence-electron chi connectivity index (χ1n) is 6.15. The first-order valence-corrected chi connectivity index (χ1v) is 6.15. The largest absolute Gasteiger partial charge is 0.393 e. The van der Waals surface area contributed by atoms with E-state index in [0.29, 0.717) is 25.8 Å². The van der Waals surface area contributed by atoms with Gasteiger partial charge in [-0.05, 0) is 19.3 Å². The molecule has 1 heterocycles. The van der Waals surface area contributed by atoms with Crippen molar-refractivity contribution in [2.75, 3.05) is 13.1 Å². The molecule has 0 bridgehead atoms. The summed E-state index contributed by atoms with van der Waals surface area (Å²) < 4.78 is 37.8. The summed E-state index contributed by atoms with van der Waals surface area (Å²) in [4.78, 5) is 13.1. The summed E-state index contributed by atoms with van der Waals surface area (Å²) in [7, 11) is 0. The molecule has 1 amide bonds. The Morgan fingerprint density at radius 3 is 2.72 bits per heavy atom. The van der Waals surface area contributed by atoms with Crippen molar-refractivity contribution in [1.29, 1.82) is 5.26 Å². The van der Waals surface area contributed by atoms with Gasteiger partial charge in [0.1, 0.15) is 5.92 Å². The Morgan fingerprint density at radius 1 is 1.56 bits per heavy atom. The van der Waals surface area contributed by atoms with Crippen molar-refractivity contribution in [3.63, 3.8) is 0 Å². The zero-order valence-corrected chi connectivity index (χ0v) is 10.3. The fraction of sp³-hybridized carbons (Fsp3) is 0.833. The third kappa shape index (κ3) is 3.62. The molecule has 3 nitrogen and oxygen atoms in total. The molecule has 2 unspecified atom stereocenters. The highest BCUT2D eigenvalue weighted by molar-refractivity contribution is 5.81. The van der Waals surface area contributed by atoms with Crippen molar-refractivity contribution in [1.82, 2.24) is 4.90 Å². The number of amides is 1. The maximum atomic E-state index is 12.6. The van der Waals surface area contributed by atoms with Crippen LogP contribution in [-0.2, 0) is 4.79 Å². The van der Waals surface area contributed by atoms with Gasteiger partial charge in [-0.15, -0.1) is 0 Å². The second kappa shape index (κ2) is 6.07. The maximum Gasteiger partial charge on any atom is 0.393 e. The van der Waals surface area contributed by atoms with E-state index in [1.165, 1.54) is 4.90 Å². The van der Waals surface area contributed by atoms with Gasteiger partial charge in [0.05, 0.1) is 12.0 Å². The van der Waals surface area contributed by atoms with E-state index in [1.54, 1.807) is 0 Å². The van der Waals surface area contributed by atoms with E-state index in [2.05, 4.69) is 0 Å². The fourth-order valence-electron chi connectivity index (χ4n) is 2.20. The zero-order chi connectivity index (χ0) is 13.8. The standard InChI is InChI=1S/C12H17F3N2O/c1-2-4-9(7-16)11(18)17-6-3-5-10(8-17)12(13,14)15/h9-10H,2-6,8H2,1H3. The minimum absolute atomic E-state index is 0.0677. The molecule has 1 saturated heterocycles. The number of likely N-dealkylation sites (tertiary alicyclic amines) is 1. The number of nitrogens with zero attached hydrogens (tertiary/aromatic N) is 2. The van der Waals surface area contributed by atoms with Gasteiger partial charge in [-0.2, -0.15) is 18.4 Å². The van der Waals surface area contributed by atoms with Crippen LogP contribution < -0.4 is 0 Å². The van der Waals surface area contributed by atoms with Gasteiger partial charge in [0.2, 0.25) is 5.91 Å². The first-order chi connectivity index (χ1) is 8.40. The van der Waals surface area contributed by atoms with E-state index >= 15 is 0 Å². The van der Waals surface area contributed by atoms with Gasteiger partial charge in [0.25, 0.3) is 0 Å². The summed E-state index contributed by atoms with van der Waals surface area (Å²) in [5.74, 6) is -2.70. The molecule has 2 atom stereocenters. The molecule has 102 valence electrons. The normalized spacial score (nSPS) is 22.4. The molecule has 18 heavy (non-hydrogen) atoms. The molecule has 1 fully saturated rings. The second-order valence-corrected chi connectivity index (χ2v) is 4.64. The van der Waals surface area contributed by atoms with Gasteiger partial charge in [-0.3, -0.25) is 4.79 Å². The highest BCUT2D eigenvalue weighted by Crippen LogP contribution is 2.33. The van der Waals surface area contributed by atoms with Gasteiger partial charge < -0.3 is 4.90 Å². The Morgan fingerprint density at radius 2 is 2.22 bits per heavy atom. The molecule has 1 aliphatic heterocycles. The van der Waals surface area contributed by atoms with E-state index in [9.17, 15) is 18.0 Å². The maximum absolute atomic E-state index is 12.6. The van der Waals surface area contributed by atoms with Crippen LogP contribution in [-0.4, -0.2) is 30.1 Å². The number of carbonyl (C=O) groups is 1. The Bertz CT molecular complexity index is 335. The van der Waals surface area contributed by atoms with Crippen LogP contribution in [0.25, 0.3) is 0 Å². The van der Waals surface area contributed by atoms with Crippen molar-refractivity contribution in [2.24, 2.45) is 11.8 Å². The van der Waals surface area contributed by atoms with E-state index < -0.39 is 23.9 Å². The van der Waals surface area contributed by atoms with Crippen LogP contribution in [0.4, 0.5) is 13.2 Å². The van der Waals surface area contributed by atoms with Crippen LogP contribution in [0.15, 0.2) is 0 Å². The smallest absolute Gasteiger partial charge is 0.341 e. The molecule has 0 aromatic rings. The third-order valence-corrected chi connectivity index (χ3v) is 3.23. The third-order valence-electron chi connectivity index (χ3n) is 3.23. The van der Waals surface area contributed by atoms with Crippen molar-refractivity contribution in [3.05, 3.63) is 0 Å². The zero-order valence-electron chi connectivity index (χ0n) is 10.3. The molecule has 0 saturated carbocycles. The topological polar surface area (TPSA) is 44.1 Å². The molecular weight excluding hydrogens is 245 g/mol. The Labute approximate surface area is 105 Å². The number of nitriles is 1. The average Bonchev–Trinajstić information content (AvgIpc) is 2.34. The molecule has 1 aliphatic rings. The minimum atomic E-state index is -4.26. The van der Waals surface area contributed by atoms with Gasteiger partial charge in [0, 0.05) is 13.1 Å². The summed E-state index contributed by atoms with van der Waals surface area (Å²) in [5, 5.41) is 8.86. The first kappa shape index (κ1) is 14.8. The molecule has 0 radical (unpaired) electrons. The number of piperidine rings is 1. The molecule has 1 rings (SSSR count). The van der Waals surface area contributed by atoms with Crippen molar-refractivity contribution >= 4 is 5.91 Å². The van der Waals surface area contributed by atoms with Crippen LogP contribution >= 0.6 is 0 Å². The van der Waals surface area contributed by atoms with E-state index in [1.807, 2.05) is 13.0 Å². The molecule has 0 N–H and O–H groups in total. The lowest BCUT2D eigenvalue weighted by Crippen LogP contribution is -2.46. The molecule has 0 aliphatic carbocycles. The minimum Gasteiger partial charge on any atom is -0.341 e. The van der Waals surface area contributed by atoms with Crippen molar-refractivity contribution in [3.8, 4) is 6.07 Å². The predicted molar refractivity (Wildman–Crippen MR) is 59.4 cm³/mol. The summed E-state index contributed by atoms with van der Waals surface area (Å²) in [5.41, 5.74) is 0. The Hall–Kier alpha value is -1.25. The Kier molecular flexibility index (Phi) is 5.00. The van der Waals surface area contributed by atoms with Crippen LogP contribution in [0, 0.1) is 23.2 Å². The van der Waals surface area contributed by atoms with E-state index in [0.717, 1.165) is 0 Å². The number of carbonyl (C=O) groups excluding carboxylic acids is 1. The molecule has 6 heteroatoms. The Balaban J connectivity index is 2.66. The van der Waals surface area contributed by atoms with E-state index in [-0.39, 0.29) is 13.0 Å². The van der Waals surface area contributed by atoms with Gasteiger partial charge in [-0.1, -0.05) is 13.3 Å². The molecular formula is C12H17F3N2O. The van der Waals surface area contributed by atoms with Gasteiger partial charge in [0.15, 0.2) is 0 Å². The van der Waals surface area contributed by atoms with Crippen LogP contribution in [0.2, 0.25) is 0 Å². The average molecular weight is 262 g/mol. The molecule has 0 aromatic carbocycles. The monoisotopic (exact) mass is 262 g/mol.